The van der Waals surface area contributed by atoms with Crippen LogP contribution in [0.15, 0.2) is 35.5 Å². The second-order valence-corrected chi connectivity index (χ2v) is 12.1. The van der Waals surface area contributed by atoms with Crippen molar-refractivity contribution in [2.24, 2.45) is 28.6 Å². The SMILES string of the molecule is C=C1C(O)C2(O)OC[C@@]34[C@H]1C(OC(=O)/C=C(\C)CCCCC)C(=O)O[C@@H]3C[C@H]1C(C)=CC(=O)C(O)[C@]1(C)[C@@H]24. The Balaban J connectivity index is 1.57. The van der Waals surface area contributed by atoms with Crippen molar-refractivity contribution in [1.29, 1.82) is 0 Å². The minimum absolute atomic E-state index is 0.107. The number of allylic oxidation sites excluding steroid dienone is 2. The number of aliphatic hydroxyl groups excluding tert-OH is 2. The largest absolute Gasteiger partial charge is 0.459 e. The molecule has 2 bridgehead atoms. The van der Waals surface area contributed by atoms with Crippen LogP contribution in [0.5, 0.6) is 0 Å². The fraction of sp³-hybridized carbons (Fsp3) is 0.690. The van der Waals surface area contributed by atoms with Crippen molar-refractivity contribution in [3.63, 3.8) is 0 Å². The summed E-state index contributed by atoms with van der Waals surface area (Å²) < 4.78 is 17.6. The van der Waals surface area contributed by atoms with Gasteiger partial charge in [0.25, 0.3) is 0 Å². The normalized spacial score (nSPS) is 45.7. The fourth-order valence-electron chi connectivity index (χ4n) is 8.39. The molecule has 0 aromatic carbocycles. The maximum absolute atomic E-state index is 13.4. The van der Waals surface area contributed by atoms with Crippen molar-refractivity contribution in [1.82, 2.24) is 0 Å². The molecule has 208 valence electrons. The molecule has 0 amide bonds. The lowest BCUT2D eigenvalue weighted by Gasteiger charge is -2.67. The highest BCUT2D eigenvalue weighted by Crippen LogP contribution is 2.73. The number of carbonyl (C=O) groups is 3. The molecule has 3 aliphatic carbocycles. The van der Waals surface area contributed by atoms with Gasteiger partial charge in [0.2, 0.25) is 6.10 Å². The summed E-state index contributed by atoms with van der Waals surface area (Å²) in [7, 11) is 0. The molecule has 0 aromatic heterocycles. The molecule has 38 heavy (non-hydrogen) atoms. The molecule has 2 aliphatic heterocycles. The molecule has 9 nitrogen and oxygen atoms in total. The lowest BCUT2D eigenvalue weighted by Crippen LogP contribution is -2.76. The number of ketones is 1. The van der Waals surface area contributed by atoms with Crippen LogP contribution in [-0.4, -0.2) is 69.9 Å². The average molecular weight is 531 g/mol. The second-order valence-electron chi connectivity index (χ2n) is 12.1. The van der Waals surface area contributed by atoms with Gasteiger partial charge in [-0.05, 0) is 50.7 Å². The fourth-order valence-corrected chi connectivity index (χ4v) is 8.39. The molecule has 10 atom stereocenters. The van der Waals surface area contributed by atoms with Crippen molar-refractivity contribution in [3.05, 3.63) is 35.5 Å². The predicted molar refractivity (Wildman–Crippen MR) is 134 cm³/mol. The van der Waals surface area contributed by atoms with Gasteiger partial charge in [-0.1, -0.05) is 44.4 Å². The summed E-state index contributed by atoms with van der Waals surface area (Å²) in [6.45, 7) is 11.3. The predicted octanol–water partition coefficient (Wildman–Crippen LogP) is 2.13. The Morgan fingerprint density at radius 1 is 1.26 bits per heavy atom. The van der Waals surface area contributed by atoms with Crippen LogP contribution in [0.2, 0.25) is 0 Å². The van der Waals surface area contributed by atoms with Crippen molar-refractivity contribution in [2.75, 3.05) is 6.61 Å². The van der Waals surface area contributed by atoms with Crippen molar-refractivity contribution in [3.8, 4) is 0 Å². The van der Waals surface area contributed by atoms with Gasteiger partial charge in [0.15, 0.2) is 11.6 Å². The van der Waals surface area contributed by atoms with E-state index in [0.29, 0.717) is 5.57 Å². The van der Waals surface area contributed by atoms with Gasteiger partial charge in [-0.25, -0.2) is 9.59 Å². The van der Waals surface area contributed by atoms with Crippen LogP contribution >= 0.6 is 0 Å². The van der Waals surface area contributed by atoms with Gasteiger partial charge in [-0.15, -0.1) is 0 Å². The summed E-state index contributed by atoms with van der Waals surface area (Å²) in [5.74, 6) is -6.51. The molecule has 1 spiro atoms. The monoisotopic (exact) mass is 530 g/mol. The number of rotatable bonds is 6. The zero-order valence-electron chi connectivity index (χ0n) is 22.4. The van der Waals surface area contributed by atoms with Crippen LogP contribution < -0.4 is 0 Å². The number of unbranched alkanes of at least 4 members (excludes halogenated alkanes) is 2. The quantitative estimate of drug-likeness (QED) is 0.204. The lowest BCUT2D eigenvalue weighted by atomic mass is 9.38. The van der Waals surface area contributed by atoms with Gasteiger partial charge in [0.1, 0.15) is 18.3 Å². The number of hydrogen-bond donors (Lipinski definition) is 3. The topological polar surface area (TPSA) is 140 Å². The molecule has 5 aliphatic rings. The Kier molecular flexibility index (Phi) is 6.53. The first-order chi connectivity index (χ1) is 17.8. The van der Waals surface area contributed by atoms with E-state index in [2.05, 4.69) is 13.5 Å². The first kappa shape index (κ1) is 27.2. The molecule has 4 fully saturated rings. The number of carbonyl (C=O) groups excluding carboxylic acids is 3. The Bertz CT molecular complexity index is 1140. The maximum atomic E-state index is 13.4. The van der Waals surface area contributed by atoms with E-state index >= 15 is 0 Å². The molecule has 3 N–H and O–H groups in total. The van der Waals surface area contributed by atoms with Crippen LogP contribution in [-0.2, 0) is 28.6 Å². The molecule has 5 rings (SSSR count). The molecule has 2 saturated heterocycles. The Hall–Kier alpha value is -2.33. The summed E-state index contributed by atoms with van der Waals surface area (Å²) in [5, 5.41) is 34.4. The highest BCUT2D eigenvalue weighted by atomic mass is 16.7. The highest BCUT2D eigenvalue weighted by molar-refractivity contribution is 5.96. The zero-order chi connectivity index (χ0) is 27.8. The van der Waals surface area contributed by atoms with E-state index in [9.17, 15) is 29.7 Å². The molecule has 2 saturated carbocycles. The van der Waals surface area contributed by atoms with Gasteiger partial charge in [-0.3, -0.25) is 4.79 Å². The number of ether oxygens (including phenoxy) is 3. The van der Waals surface area contributed by atoms with Gasteiger partial charge in [-0.2, -0.15) is 0 Å². The number of fused-ring (bicyclic) bond motifs is 1. The first-order valence-corrected chi connectivity index (χ1v) is 13.5. The van der Waals surface area contributed by atoms with E-state index in [1.165, 1.54) is 12.2 Å². The standard InChI is InChI=1S/C29H38O9/c1-6-7-8-9-14(2)10-20(31)38-22-21-16(4)23(32)29(35)26-27(5)17(15(3)11-18(30)24(27)33)12-19(37-25(22)34)28(21,26)13-36-29/h10-11,17,19,21-24,26,32-33,35H,4,6-9,12-13H2,1-3,5H3/b14-10+/t17-,19+,21+,22?,23?,24?,26+,27+,28-,29?/m0/s1. The van der Waals surface area contributed by atoms with Crippen LogP contribution in [0.3, 0.4) is 0 Å². The lowest BCUT2D eigenvalue weighted by molar-refractivity contribution is -0.311. The number of hydrogen-bond acceptors (Lipinski definition) is 9. The number of aliphatic hydroxyl groups is 3. The van der Waals surface area contributed by atoms with Gasteiger partial charge in [0.05, 0.1) is 12.0 Å². The Morgan fingerprint density at radius 2 is 1.97 bits per heavy atom. The maximum Gasteiger partial charge on any atom is 0.348 e. The minimum atomic E-state index is -2.17. The first-order valence-electron chi connectivity index (χ1n) is 13.5. The highest BCUT2D eigenvalue weighted by Gasteiger charge is 2.83. The van der Waals surface area contributed by atoms with E-state index in [1.807, 2.05) is 6.92 Å². The molecule has 2 heterocycles. The van der Waals surface area contributed by atoms with Crippen LogP contribution in [0.4, 0.5) is 0 Å². The third-order valence-corrected chi connectivity index (χ3v) is 10.0. The van der Waals surface area contributed by atoms with Crippen LogP contribution in [0.25, 0.3) is 0 Å². The van der Waals surface area contributed by atoms with E-state index in [4.69, 9.17) is 14.2 Å². The molecule has 0 radical (unpaired) electrons. The molecule has 9 heteroatoms. The zero-order valence-corrected chi connectivity index (χ0v) is 22.4. The Morgan fingerprint density at radius 3 is 2.66 bits per heavy atom. The summed E-state index contributed by atoms with van der Waals surface area (Å²) in [4.78, 5) is 39.1. The van der Waals surface area contributed by atoms with E-state index in [1.54, 1.807) is 13.8 Å². The van der Waals surface area contributed by atoms with E-state index < -0.39 is 76.5 Å². The van der Waals surface area contributed by atoms with Crippen LogP contribution in [0.1, 0.15) is 59.8 Å². The van der Waals surface area contributed by atoms with Crippen molar-refractivity contribution >= 4 is 17.7 Å². The van der Waals surface area contributed by atoms with Crippen molar-refractivity contribution in [2.45, 2.75) is 90.0 Å². The number of esters is 2. The third-order valence-electron chi connectivity index (χ3n) is 10.0. The van der Waals surface area contributed by atoms with E-state index in [-0.39, 0.29) is 18.6 Å². The van der Waals surface area contributed by atoms with Crippen molar-refractivity contribution < 1.29 is 43.9 Å². The smallest absolute Gasteiger partial charge is 0.348 e. The average Bonchev–Trinajstić information content (AvgIpc) is 3.14. The van der Waals surface area contributed by atoms with Gasteiger partial charge in [0, 0.05) is 23.3 Å². The summed E-state index contributed by atoms with van der Waals surface area (Å²) in [6, 6.07) is 0. The minimum Gasteiger partial charge on any atom is -0.459 e. The molecular weight excluding hydrogens is 492 g/mol. The summed E-state index contributed by atoms with van der Waals surface area (Å²) in [5.41, 5.74) is -0.791. The summed E-state index contributed by atoms with van der Waals surface area (Å²) in [6.07, 6.45) is 1.45. The van der Waals surface area contributed by atoms with E-state index in [0.717, 1.165) is 31.3 Å². The Labute approximate surface area is 222 Å². The second kappa shape index (κ2) is 9.11. The molecular formula is C29H38O9. The van der Waals surface area contributed by atoms with Gasteiger partial charge < -0.3 is 29.5 Å². The van der Waals surface area contributed by atoms with Crippen LogP contribution in [0, 0.1) is 28.6 Å². The van der Waals surface area contributed by atoms with Gasteiger partial charge >= 0.3 is 11.9 Å². The molecule has 0 aromatic rings. The third kappa shape index (κ3) is 3.48. The molecule has 4 unspecified atom stereocenters. The summed E-state index contributed by atoms with van der Waals surface area (Å²) >= 11 is 0.